The minimum atomic E-state index is 0.118. The van der Waals surface area contributed by atoms with Crippen LogP contribution in [0, 0.1) is 6.92 Å². The zero-order valence-corrected chi connectivity index (χ0v) is 18.9. The van der Waals surface area contributed by atoms with Crippen LogP contribution in [-0.2, 0) is 4.79 Å². The second-order valence-electron chi connectivity index (χ2n) is 7.99. The Morgan fingerprint density at radius 2 is 1.85 bits per heavy atom. The molecule has 0 spiro atoms. The fourth-order valence-corrected chi connectivity index (χ4v) is 4.25. The average molecular weight is 456 g/mol. The van der Waals surface area contributed by atoms with Crippen molar-refractivity contribution in [2.75, 3.05) is 16.8 Å². The van der Waals surface area contributed by atoms with Crippen molar-refractivity contribution in [3.05, 3.63) is 83.8 Å². The Kier molecular flexibility index (Phi) is 5.75. The number of aryl methyl sites for hydroxylation is 1. The van der Waals surface area contributed by atoms with E-state index in [0.29, 0.717) is 35.3 Å². The molecule has 1 amide bonds. The van der Waals surface area contributed by atoms with Crippen LogP contribution in [0.3, 0.4) is 0 Å². The minimum absolute atomic E-state index is 0.118. The monoisotopic (exact) mass is 455 g/mol. The number of anilines is 3. The van der Waals surface area contributed by atoms with Crippen LogP contribution < -0.4 is 10.2 Å². The molecule has 0 unspecified atom stereocenters. The van der Waals surface area contributed by atoms with Crippen LogP contribution in [0.1, 0.15) is 18.4 Å². The molecule has 1 N–H and O–H groups in total. The lowest BCUT2D eigenvalue weighted by molar-refractivity contribution is -0.117. The summed E-state index contributed by atoms with van der Waals surface area (Å²) in [4.78, 5) is 27.1. The van der Waals surface area contributed by atoms with Crippen molar-refractivity contribution in [3.8, 4) is 22.4 Å². The highest BCUT2D eigenvalue weighted by Crippen LogP contribution is 2.32. The molecule has 1 aliphatic rings. The zero-order valence-electron chi connectivity index (χ0n) is 18.1. The van der Waals surface area contributed by atoms with Crippen LogP contribution in [0.4, 0.5) is 17.3 Å². The van der Waals surface area contributed by atoms with Gasteiger partial charge >= 0.3 is 0 Å². The molecule has 6 nitrogen and oxygen atoms in total. The van der Waals surface area contributed by atoms with E-state index in [9.17, 15) is 4.79 Å². The van der Waals surface area contributed by atoms with Crippen molar-refractivity contribution in [1.29, 1.82) is 0 Å². The van der Waals surface area contributed by atoms with Crippen LogP contribution in [0.25, 0.3) is 22.4 Å². The Labute approximate surface area is 197 Å². The van der Waals surface area contributed by atoms with Crippen molar-refractivity contribution >= 4 is 34.8 Å². The van der Waals surface area contributed by atoms with E-state index in [0.717, 1.165) is 23.2 Å². The Bertz CT molecular complexity index is 1340. The van der Waals surface area contributed by atoms with E-state index >= 15 is 0 Å². The molecule has 5 rings (SSSR count). The van der Waals surface area contributed by atoms with Gasteiger partial charge in [-0.3, -0.25) is 9.78 Å². The van der Waals surface area contributed by atoms with Gasteiger partial charge in [0, 0.05) is 18.5 Å². The number of halogens is 1. The maximum atomic E-state index is 12.1. The third-order valence-corrected chi connectivity index (χ3v) is 5.98. The van der Waals surface area contributed by atoms with Gasteiger partial charge in [0.2, 0.25) is 11.9 Å². The Morgan fingerprint density at radius 3 is 2.67 bits per heavy atom. The van der Waals surface area contributed by atoms with Gasteiger partial charge in [0.05, 0.1) is 40.7 Å². The van der Waals surface area contributed by atoms with E-state index in [1.807, 2.05) is 30.3 Å². The molecule has 0 saturated carbocycles. The number of hydrogen-bond donors (Lipinski definition) is 1. The Morgan fingerprint density at radius 1 is 1.00 bits per heavy atom. The summed E-state index contributed by atoms with van der Waals surface area (Å²) in [6.45, 7) is 2.81. The predicted molar refractivity (Wildman–Crippen MR) is 132 cm³/mol. The first-order chi connectivity index (χ1) is 16.1. The molecule has 1 aliphatic heterocycles. The zero-order chi connectivity index (χ0) is 22.8. The van der Waals surface area contributed by atoms with Gasteiger partial charge in [-0.2, -0.15) is 0 Å². The van der Waals surface area contributed by atoms with E-state index in [1.165, 1.54) is 11.1 Å². The van der Waals surface area contributed by atoms with Crippen LogP contribution in [0.2, 0.25) is 5.02 Å². The van der Waals surface area contributed by atoms with Gasteiger partial charge in [0.15, 0.2) is 0 Å². The van der Waals surface area contributed by atoms with Gasteiger partial charge in [0.1, 0.15) is 0 Å². The normalized spacial score (nSPS) is 13.4. The molecule has 164 valence electrons. The Hall–Kier alpha value is -3.77. The highest BCUT2D eigenvalue weighted by molar-refractivity contribution is 6.32. The van der Waals surface area contributed by atoms with Gasteiger partial charge in [-0.05, 0) is 42.2 Å². The summed E-state index contributed by atoms with van der Waals surface area (Å²) in [6, 6.07) is 18.3. The first kappa shape index (κ1) is 21.1. The SMILES string of the molecule is Cc1ccccc1-c1cccc(-c2nc(Nc3cncc(N4CCCC4=O)c3)ncc2Cl)c1. The molecule has 0 radical (unpaired) electrons. The number of nitrogens with zero attached hydrogens (tertiary/aromatic N) is 4. The molecule has 7 heteroatoms. The fourth-order valence-electron chi connectivity index (χ4n) is 4.05. The number of amides is 1. The number of carbonyl (C=O) groups excluding carboxylic acids is 1. The molecular weight excluding hydrogens is 434 g/mol. The second-order valence-corrected chi connectivity index (χ2v) is 8.40. The molecule has 0 aliphatic carbocycles. The van der Waals surface area contributed by atoms with Crippen molar-refractivity contribution < 1.29 is 4.79 Å². The largest absolute Gasteiger partial charge is 0.323 e. The molecule has 33 heavy (non-hydrogen) atoms. The number of rotatable bonds is 5. The molecule has 0 atom stereocenters. The summed E-state index contributed by atoms with van der Waals surface area (Å²) in [6.07, 6.45) is 6.40. The highest BCUT2D eigenvalue weighted by Gasteiger charge is 2.22. The van der Waals surface area contributed by atoms with Crippen molar-refractivity contribution in [1.82, 2.24) is 15.0 Å². The van der Waals surface area contributed by atoms with E-state index in [-0.39, 0.29) is 5.91 Å². The van der Waals surface area contributed by atoms with Gasteiger partial charge in [-0.25, -0.2) is 9.97 Å². The standard InChI is InChI=1S/C26H22ClN5O/c1-17-6-2-3-9-22(17)18-7-4-8-19(12-18)25-23(27)16-29-26(31-25)30-20-13-21(15-28-14-20)32-11-5-10-24(32)33/h2-4,6-9,12-16H,5,10-11H2,1H3,(H,29,30,31). The summed E-state index contributed by atoms with van der Waals surface area (Å²) in [5, 5.41) is 3.66. The first-order valence-corrected chi connectivity index (χ1v) is 11.2. The third kappa shape index (κ3) is 4.43. The smallest absolute Gasteiger partial charge is 0.227 e. The summed E-state index contributed by atoms with van der Waals surface area (Å²) < 4.78 is 0. The maximum Gasteiger partial charge on any atom is 0.227 e. The van der Waals surface area contributed by atoms with Crippen LogP contribution in [0.5, 0.6) is 0 Å². The number of pyridine rings is 1. The molecule has 3 heterocycles. The fraction of sp³-hybridized carbons (Fsp3) is 0.154. The van der Waals surface area contributed by atoms with Gasteiger partial charge in [-0.1, -0.05) is 54.1 Å². The van der Waals surface area contributed by atoms with E-state index in [2.05, 4.69) is 51.5 Å². The van der Waals surface area contributed by atoms with Gasteiger partial charge < -0.3 is 10.2 Å². The lowest BCUT2D eigenvalue weighted by Gasteiger charge is -2.16. The highest BCUT2D eigenvalue weighted by atomic mass is 35.5. The van der Waals surface area contributed by atoms with Crippen molar-refractivity contribution in [2.45, 2.75) is 19.8 Å². The van der Waals surface area contributed by atoms with Crippen LogP contribution >= 0.6 is 11.6 Å². The van der Waals surface area contributed by atoms with Gasteiger partial charge in [-0.15, -0.1) is 0 Å². The van der Waals surface area contributed by atoms with E-state index < -0.39 is 0 Å². The third-order valence-electron chi connectivity index (χ3n) is 5.70. The predicted octanol–water partition coefficient (Wildman–Crippen LogP) is 6.04. The number of carbonyl (C=O) groups is 1. The molecule has 2 aromatic heterocycles. The second kappa shape index (κ2) is 9.00. The quantitative estimate of drug-likeness (QED) is 0.397. The van der Waals surface area contributed by atoms with Crippen LogP contribution in [-0.4, -0.2) is 27.4 Å². The summed E-state index contributed by atoms with van der Waals surface area (Å²) in [5.41, 5.74) is 6.49. The lowest BCUT2D eigenvalue weighted by Crippen LogP contribution is -2.23. The minimum Gasteiger partial charge on any atom is -0.323 e. The van der Waals surface area contributed by atoms with E-state index in [4.69, 9.17) is 11.6 Å². The molecular formula is C26H22ClN5O. The molecule has 4 aromatic rings. The van der Waals surface area contributed by atoms with Gasteiger partial charge in [0.25, 0.3) is 0 Å². The van der Waals surface area contributed by atoms with Crippen LogP contribution in [0.15, 0.2) is 73.2 Å². The number of benzene rings is 2. The molecule has 1 fully saturated rings. The molecule has 0 bridgehead atoms. The van der Waals surface area contributed by atoms with Crippen molar-refractivity contribution in [2.24, 2.45) is 0 Å². The molecule has 2 aromatic carbocycles. The average Bonchev–Trinajstić information content (AvgIpc) is 3.27. The maximum absolute atomic E-state index is 12.1. The van der Waals surface area contributed by atoms with Crippen molar-refractivity contribution in [3.63, 3.8) is 0 Å². The topological polar surface area (TPSA) is 71.0 Å². The first-order valence-electron chi connectivity index (χ1n) is 10.8. The number of hydrogen-bond acceptors (Lipinski definition) is 5. The lowest BCUT2D eigenvalue weighted by atomic mass is 9.98. The number of nitrogens with one attached hydrogen (secondary N) is 1. The van der Waals surface area contributed by atoms with E-state index in [1.54, 1.807) is 23.5 Å². The number of aromatic nitrogens is 3. The summed E-state index contributed by atoms with van der Waals surface area (Å²) >= 11 is 6.48. The molecule has 1 saturated heterocycles. The summed E-state index contributed by atoms with van der Waals surface area (Å²) in [5.74, 6) is 0.523. The Balaban J connectivity index is 1.45. The summed E-state index contributed by atoms with van der Waals surface area (Å²) in [7, 11) is 0.